The van der Waals surface area contributed by atoms with E-state index in [1.54, 1.807) is 12.1 Å². The van der Waals surface area contributed by atoms with E-state index in [4.69, 9.17) is 0 Å². The van der Waals surface area contributed by atoms with Gasteiger partial charge in [0.2, 0.25) is 5.13 Å². The van der Waals surface area contributed by atoms with Crippen molar-refractivity contribution in [3.63, 3.8) is 0 Å². The Kier molecular flexibility index (Phi) is 4.82. The molecular weight excluding hydrogens is 372 g/mol. The zero-order valence-electron chi connectivity index (χ0n) is 15.0. The van der Waals surface area contributed by atoms with E-state index < -0.39 is 4.92 Å². The first-order valence-corrected chi connectivity index (χ1v) is 9.48. The largest absolute Gasteiger partial charge is 0.269 e. The van der Waals surface area contributed by atoms with Crippen LogP contribution in [0.3, 0.4) is 0 Å². The molecule has 1 aromatic heterocycles. The summed E-state index contributed by atoms with van der Waals surface area (Å²) in [4.78, 5) is 14.9. The van der Waals surface area contributed by atoms with Crippen molar-refractivity contribution in [2.45, 2.75) is 6.92 Å². The molecule has 0 aliphatic rings. The van der Waals surface area contributed by atoms with E-state index in [0.29, 0.717) is 5.13 Å². The minimum absolute atomic E-state index is 0.0626. The second kappa shape index (κ2) is 7.58. The number of nitrogens with one attached hydrogen (secondary N) is 1. The van der Waals surface area contributed by atoms with Crippen LogP contribution in [0.25, 0.3) is 22.0 Å². The molecule has 28 heavy (non-hydrogen) atoms. The number of hydrazone groups is 1. The number of nitro groups is 1. The van der Waals surface area contributed by atoms with Gasteiger partial charge in [0, 0.05) is 28.6 Å². The maximum Gasteiger partial charge on any atom is 0.269 e. The van der Waals surface area contributed by atoms with Crippen LogP contribution in [-0.4, -0.2) is 15.6 Å². The number of nitro benzene ring substituents is 1. The van der Waals surface area contributed by atoms with Gasteiger partial charge >= 0.3 is 0 Å². The third-order valence-corrected chi connectivity index (χ3v) is 5.12. The molecule has 0 atom stereocenters. The molecule has 4 rings (SSSR count). The van der Waals surface area contributed by atoms with Crippen molar-refractivity contribution in [3.05, 3.63) is 87.8 Å². The monoisotopic (exact) mass is 388 g/mol. The van der Waals surface area contributed by atoms with E-state index in [1.807, 2.05) is 36.6 Å². The van der Waals surface area contributed by atoms with Crippen LogP contribution in [0.2, 0.25) is 0 Å². The Hall–Kier alpha value is -3.58. The summed E-state index contributed by atoms with van der Waals surface area (Å²) in [5.41, 5.74) is 6.58. The fraction of sp³-hybridized carbons (Fsp3) is 0.0476. The van der Waals surface area contributed by atoms with Gasteiger partial charge in [-0.1, -0.05) is 42.5 Å². The van der Waals surface area contributed by atoms with E-state index in [-0.39, 0.29) is 5.69 Å². The molecule has 1 N–H and O–H groups in total. The molecule has 7 heteroatoms. The Bertz CT molecular complexity index is 1180. The first-order valence-electron chi connectivity index (χ1n) is 8.60. The molecule has 0 spiro atoms. The van der Waals surface area contributed by atoms with Gasteiger partial charge in [-0.3, -0.25) is 15.5 Å². The first kappa shape index (κ1) is 17.8. The van der Waals surface area contributed by atoms with Crippen molar-refractivity contribution < 1.29 is 4.92 Å². The first-order chi connectivity index (χ1) is 13.6. The third-order valence-electron chi connectivity index (χ3n) is 4.38. The molecule has 0 aliphatic heterocycles. The number of non-ortho nitro benzene ring substituents is 1. The standard InChI is InChI=1S/C21H16N4O2S/c1-14(18-8-4-6-15-5-2-3-7-19(15)18)23-24-21-22-20(13-28-21)16-9-11-17(12-10-16)25(26)27/h2-13H,1H3,(H,22,24)/b23-14-. The molecule has 0 saturated heterocycles. The quantitative estimate of drug-likeness (QED) is 0.270. The van der Waals surface area contributed by atoms with Crippen molar-refractivity contribution in [2.75, 3.05) is 5.43 Å². The number of hydrogen-bond donors (Lipinski definition) is 1. The summed E-state index contributed by atoms with van der Waals surface area (Å²) >= 11 is 1.43. The van der Waals surface area contributed by atoms with Gasteiger partial charge in [0.05, 0.1) is 16.3 Å². The van der Waals surface area contributed by atoms with E-state index >= 15 is 0 Å². The highest BCUT2D eigenvalue weighted by atomic mass is 32.1. The van der Waals surface area contributed by atoms with Gasteiger partial charge < -0.3 is 0 Å². The van der Waals surface area contributed by atoms with Crippen LogP contribution in [0, 0.1) is 10.1 Å². The van der Waals surface area contributed by atoms with Crippen molar-refractivity contribution in [2.24, 2.45) is 5.10 Å². The molecule has 0 amide bonds. The molecule has 0 bridgehead atoms. The molecule has 0 fully saturated rings. The summed E-state index contributed by atoms with van der Waals surface area (Å²) in [6.45, 7) is 1.96. The van der Waals surface area contributed by atoms with Gasteiger partial charge in [-0.2, -0.15) is 5.10 Å². The summed E-state index contributed by atoms with van der Waals surface area (Å²) in [5.74, 6) is 0. The lowest BCUT2D eigenvalue weighted by Gasteiger charge is -2.06. The Morgan fingerprint density at radius 1 is 1.07 bits per heavy atom. The third kappa shape index (κ3) is 3.60. The predicted molar refractivity (Wildman–Crippen MR) is 114 cm³/mol. The van der Waals surface area contributed by atoms with Crippen LogP contribution in [0.15, 0.2) is 77.2 Å². The Morgan fingerprint density at radius 2 is 1.82 bits per heavy atom. The highest BCUT2D eigenvalue weighted by Gasteiger charge is 2.09. The van der Waals surface area contributed by atoms with Crippen LogP contribution in [0.1, 0.15) is 12.5 Å². The van der Waals surface area contributed by atoms with Gasteiger partial charge in [0.15, 0.2) is 0 Å². The molecule has 0 aliphatic carbocycles. The van der Waals surface area contributed by atoms with Crippen LogP contribution in [0.5, 0.6) is 0 Å². The van der Waals surface area contributed by atoms with E-state index in [1.165, 1.54) is 28.9 Å². The van der Waals surface area contributed by atoms with E-state index in [9.17, 15) is 10.1 Å². The smallest absolute Gasteiger partial charge is 0.258 e. The minimum Gasteiger partial charge on any atom is -0.258 e. The lowest BCUT2D eigenvalue weighted by molar-refractivity contribution is -0.384. The number of fused-ring (bicyclic) bond motifs is 1. The molecular formula is C21H16N4O2S. The van der Waals surface area contributed by atoms with Gasteiger partial charge in [-0.25, -0.2) is 4.98 Å². The zero-order valence-corrected chi connectivity index (χ0v) is 15.8. The molecule has 4 aromatic rings. The zero-order chi connectivity index (χ0) is 19.5. The fourth-order valence-electron chi connectivity index (χ4n) is 2.94. The van der Waals surface area contributed by atoms with Crippen molar-refractivity contribution >= 4 is 38.6 Å². The maximum atomic E-state index is 10.8. The topological polar surface area (TPSA) is 80.4 Å². The molecule has 138 valence electrons. The van der Waals surface area contributed by atoms with Crippen LogP contribution >= 0.6 is 11.3 Å². The molecule has 0 unspecified atom stereocenters. The minimum atomic E-state index is -0.414. The normalized spacial score (nSPS) is 11.5. The van der Waals surface area contributed by atoms with Gasteiger partial charge in [0.1, 0.15) is 0 Å². The molecule has 0 saturated carbocycles. The number of aromatic nitrogens is 1. The average molecular weight is 388 g/mol. The molecule has 3 aromatic carbocycles. The average Bonchev–Trinajstić information content (AvgIpc) is 3.20. The lowest BCUT2D eigenvalue weighted by Crippen LogP contribution is -2.00. The predicted octanol–water partition coefficient (Wildman–Crippen LogP) is 5.71. The fourth-order valence-corrected chi connectivity index (χ4v) is 3.61. The lowest BCUT2D eigenvalue weighted by atomic mass is 10.0. The second-order valence-electron chi connectivity index (χ2n) is 6.18. The van der Waals surface area contributed by atoms with Gasteiger partial charge in [-0.15, -0.1) is 11.3 Å². The molecule has 1 heterocycles. The second-order valence-corrected chi connectivity index (χ2v) is 7.04. The summed E-state index contributed by atoms with van der Waals surface area (Å²) < 4.78 is 0. The number of rotatable bonds is 5. The maximum absolute atomic E-state index is 10.8. The van der Waals surface area contributed by atoms with E-state index in [2.05, 4.69) is 33.7 Å². The van der Waals surface area contributed by atoms with Crippen LogP contribution in [-0.2, 0) is 0 Å². The highest BCUT2D eigenvalue weighted by molar-refractivity contribution is 7.14. The number of benzene rings is 3. The van der Waals surface area contributed by atoms with Gasteiger partial charge in [0.25, 0.3) is 5.69 Å². The van der Waals surface area contributed by atoms with Crippen LogP contribution < -0.4 is 5.43 Å². The van der Waals surface area contributed by atoms with Crippen molar-refractivity contribution in [3.8, 4) is 11.3 Å². The van der Waals surface area contributed by atoms with Crippen LogP contribution in [0.4, 0.5) is 10.8 Å². The molecule has 0 radical (unpaired) electrons. The SMILES string of the molecule is C/C(=N/Nc1nc(-c2ccc([N+](=O)[O-])cc2)cs1)c1cccc2ccccc12. The van der Waals surface area contributed by atoms with Crippen molar-refractivity contribution in [1.82, 2.24) is 4.98 Å². The van der Waals surface area contributed by atoms with Gasteiger partial charge in [-0.05, 0) is 29.8 Å². The summed E-state index contributed by atoms with van der Waals surface area (Å²) in [5, 5.41) is 20.1. The number of anilines is 1. The summed E-state index contributed by atoms with van der Waals surface area (Å²) in [7, 11) is 0. The Morgan fingerprint density at radius 3 is 2.61 bits per heavy atom. The Balaban J connectivity index is 1.54. The van der Waals surface area contributed by atoms with Crippen molar-refractivity contribution in [1.29, 1.82) is 0 Å². The molecule has 6 nitrogen and oxygen atoms in total. The number of hydrogen-bond acceptors (Lipinski definition) is 6. The number of nitrogens with zero attached hydrogens (tertiary/aromatic N) is 3. The summed E-state index contributed by atoms with van der Waals surface area (Å²) in [6, 6.07) is 20.7. The Labute approximate surface area is 165 Å². The number of thiazole rings is 1. The highest BCUT2D eigenvalue weighted by Crippen LogP contribution is 2.27. The summed E-state index contributed by atoms with van der Waals surface area (Å²) in [6.07, 6.45) is 0. The van der Waals surface area contributed by atoms with E-state index in [0.717, 1.165) is 27.9 Å².